The van der Waals surface area contributed by atoms with E-state index >= 15 is 0 Å². The van der Waals surface area contributed by atoms with Gasteiger partial charge >= 0.3 is 0 Å². The molecule has 0 amide bonds. The van der Waals surface area contributed by atoms with Crippen molar-refractivity contribution in [1.82, 2.24) is 5.32 Å². The third kappa shape index (κ3) is 3.43. The van der Waals surface area contributed by atoms with Crippen LogP contribution < -0.4 is 10.1 Å². The Hall–Kier alpha value is -0.670. The van der Waals surface area contributed by atoms with Crippen LogP contribution >= 0.6 is 12.6 Å². The number of ether oxygens (including phenoxy) is 1. The summed E-state index contributed by atoms with van der Waals surface area (Å²) in [7, 11) is 1.71. The maximum atomic E-state index is 5.28. The second-order valence-electron chi connectivity index (χ2n) is 3.66. The highest BCUT2D eigenvalue weighted by Crippen LogP contribution is 2.22. The standard InChI is InChI=1S/C12H19NOS/c1-9-7-12(14-3)10(2)6-11(9)4-5-13-8-15/h6-7,13,15H,4-5,8H2,1-3H3. The number of benzene rings is 1. The molecule has 15 heavy (non-hydrogen) atoms. The van der Waals surface area contributed by atoms with Crippen molar-refractivity contribution in [1.29, 1.82) is 0 Å². The minimum Gasteiger partial charge on any atom is -0.496 e. The number of hydrogen-bond acceptors (Lipinski definition) is 3. The molecule has 0 aliphatic carbocycles. The lowest BCUT2D eigenvalue weighted by molar-refractivity contribution is 0.411. The molecule has 0 aliphatic heterocycles. The molecule has 0 atom stereocenters. The van der Waals surface area contributed by atoms with E-state index in [9.17, 15) is 0 Å². The molecule has 0 fully saturated rings. The Kier molecular flexibility index (Phi) is 4.99. The van der Waals surface area contributed by atoms with Gasteiger partial charge in [-0.25, -0.2) is 0 Å². The fourth-order valence-corrected chi connectivity index (χ4v) is 1.80. The van der Waals surface area contributed by atoms with Crippen molar-refractivity contribution in [2.24, 2.45) is 0 Å². The Labute approximate surface area is 97.4 Å². The minimum atomic E-state index is 0.730. The van der Waals surface area contributed by atoms with E-state index < -0.39 is 0 Å². The molecular formula is C12H19NOS. The molecule has 1 rings (SSSR count). The lowest BCUT2D eigenvalue weighted by atomic mass is 10.0. The molecule has 1 aromatic rings. The van der Waals surface area contributed by atoms with Crippen LogP contribution in [0.25, 0.3) is 0 Å². The molecule has 1 N–H and O–H groups in total. The molecule has 84 valence electrons. The molecule has 0 radical (unpaired) electrons. The summed E-state index contributed by atoms with van der Waals surface area (Å²) in [4.78, 5) is 0. The smallest absolute Gasteiger partial charge is 0.122 e. The SMILES string of the molecule is COc1cc(C)c(CCNCS)cc1C. The highest BCUT2D eigenvalue weighted by atomic mass is 32.1. The zero-order valence-electron chi connectivity index (χ0n) is 9.63. The second-order valence-corrected chi connectivity index (χ2v) is 3.97. The first-order chi connectivity index (χ1) is 7.19. The topological polar surface area (TPSA) is 21.3 Å². The quantitative estimate of drug-likeness (QED) is 0.456. The molecule has 0 saturated carbocycles. The van der Waals surface area contributed by atoms with Gasteiger partial charge in [0, 0.05) is 5.88 Å². The predicted molar refractivity (Wildman–Crippen MR) is 68.0 cm³/mol. The highest BCUT2D eigenvalue weighted by Gasteiger charge is 2.04. The van der Waals surface area contributed by atoms with Crippen LogP contribution in [0, 0.1) is 13.8 Å². The van der Waals surface area contributed by atoms with Crippen molar-refractivity contribution < 1.29 is 4.74 Å². The van der Waals surface area contributed by atoms with Crippen LogP contribution in [0.2, 0.25) is 0 Å². The molecule has 0 heterocycles. The molecule has 0 saturated heterocycles. The molecule has 3 heteroatoms. The number of nitrogens with one attached hydrogen (secondary N) is 1. The van der Waals surface area contributed by atoms with E-state index in [4.69, 9.17) is 4.74 Å². The van der Waals surface area contributed by atoms with Crippen LogP contribution in [-0.4, -0.2) is 19.5 Å². The van der Waals surface area contributed by atoms with Gasteiger partial charge in [-0.2, -0.15) is 12.6 Å². The summed E-state index contributed by atoms with van der Waals surface area (Å²) in [6.07, 6.45) is 1.04. The Balaban J connectivity index is 2.76. The predicted octanol–water partition coefficient (Wildman–Crippen LogP) is 2.33. The zero-order chi connectivity index (χ0) is 11.3. The Morgan fingerprint density at radius 1 is 1.27 bits per heavy atom. The number of hydrogen-bond donors (Lipinski definition) is 2. The van der Waals surface area contributed by atoms with E-state index in [0.717, 1.165) is 24.6 Å². The van der Waals surface area contributed by atoms with Gasteiger partial charge in [-0.3, -0.25) is 0 Å². The van der Waals surface area contributed by atoms with Gasteiger partial charge in [0.05, 0.1) is 7.11 Å². The third-order valence-electron chi connectivity index (χ3n) is 2.54. The first kappa shape index (κ1) is 12.4. The van der Waals surface area contributed by atoms with Crippen LogP contribution in [0.3, 0.4) is 0 Å². The Morgan fingerprint density at radius 3 is 2.60 bits per heavy atom. The lowest BCUT2D eigenvalue weighted by Gasteiger charge is -2.11. The second kappa shape index (κ2) is 6.03. The lowest BCUT2D eigenvalue weighted by Crippen LogP contribution is -2.15. The summed E-state index contributed by atoms with van der Waals surface area (Å²) in [6, 6.07) is 4.31. The number of thiol groups is 1. The van der Waals surface area contributed by atoms with Gasteiger partial charge in [-0.05, 0) is 49.6 Å². The molecule has 1 aromatic carbocycles. The third-order valence-corrected chi connectivity index (χ3v) is 2.76. The summed E-state index contributed by atoms with van der Waals surface area (Å²) in [5.41, 5.74) is 3.87. The van der Waals surface area contributed by atoms with Crippen molar-refractivity contribution in [3.8, 4) is 5.75 Å². The van der Waals surface area contributed by atoms with Crippen LogP contribution in [0.4, 0.5) is 0 Å². The molecular weight excluding hydrogens is 206 g/mol. The maximum absolute atomic E-state index is 5.28. The molecule has 0 aromatic heterocycles. The number of methoxy groups -OCH3 is 1. The van der Waals surface area contributed by atoms with Gasteiger partial charge in [0.25, 0.3) is 0 Å². The van der Waals surface area contributed by atoms with E-state index in [1.807, 2.05) is 0 Å². The van der Waals surface area contributed by atoms with E-state index in [-0.39, 0.29) is 0 Å². The van der Waals surface area contributed by atoms with E-state index in [1.165, 1.54) is 16.7 Å². The minimum absolute atomic E-state index is 0.730. The van der Waals surface area contributed by atoms with Crippen molar-refractivity contribution in [3.63, 3.8) is 0 Å². The van der Waals surface area contributed by atoms with Gasteiger partial charge < -0.3 is 10.1 Å². The maximum Gasteiger partial charge on any atom is 0.122 e. The highest BCUT2D eigenvalue weighted by molar-refractivity contribution is 7.80. The Morgan fingerprint density at radius 2 is 2.00 bits per heavy atom. The average Bonchev–Trinajstić information content (AvgIpc) is 2.23. The van der Waals surface area contributed by atoms with Crippen LogP contribution in [0.5, 0.6) is 5.75 Å². The summed E-state index contributed by atoms with van der Waals surface area (Å²) in [5, 5.41) is 3.20. The van der Waals surface area contributed by atoms with Crippen molar-refractivity contribution in [2.75, 3.05) is 19.5 Å². The first-order valence-corrected chi connectivity index (χ1v) is 5.78. The van der Waals surface area contributed by atoms with Gasteiger partial charge in [0.2, 0.25) is 0 Å². The van der Waals surface area contributed by atoms with Crippen molar-refractivity contribution in [2.45, 2.75) is 20.3 Å². The van der Waals surface area contributed by atoms with Gasteiger partial charge in [-0.1, -0.05) is 6.07 Å². The summed E-state index contributed by atoms with van der Waals surface area (Å²) in [6.45, 7) is 5.17. The normalized spacial score (nSPS) is 10.4. The van der Waals surface area contributed by atoms with Gasteiger partial charge in [-0.15, -0.1) is 0 Å². The first-order valence-electron chi connectivity index (χ1n) is 5.14. The number of aryl methyl sites for hydroxylation is 2. The summed E-state index contributed by atoms with van der Waals surface area (Å²) >= 11 is 4.11. The molecule has 2 nitrogen and oxygen atoms in total. The van der Waals surface area contributed by atoms with Gasteiger partial charge in [0.15, 0.2) is 0 Å². The summed E-state index contributed by atoms with van der Waals surface area (Å²) in [5.74, 6) is 1.70. The molecule has 0 spiro atoms. The molecule has 0 aliphatic rings. The Bertz CT molecular complexity index is 326. The van der Waals surface area contributed by atoms with Gasteiger partial charge in [0.1, 0.15) is 5.75 Å². The van der Waals surface area contributed by atoms with Crippen LogP contribution in [-0.2, 0) is 6.42 Å². The van der Waals surface area contributed by atoms with Crippen LogP contribution in [0.15, 0.2) is 12.1 Å². The monoisotopic (exact) mass is 225 g/mol. The summed E-state index contributed by atoms with van der Waals surface area (Å²) < 4.78 is 5.28. The van der Waals surface area contributed by atoms with Crippen molar-refractivity contribution in [3.05, 3.63) is 28.8 Å². The van der Waals surface area contributed by atoms with Crippen LogP contribution in [0.1, 0.15) is 16.7 Å². The molecule has 0 unspecified atom stereocenters. The fourth-order valence-electron chi connectivity index (χ4n) is 1.64. The largest absolute Gasteiger partial charge is 0.496 e. The van der Waals surface area contributed by atoms with E-state index in [1.54, 1.807) is 7.11 Å². The number of rotatable bonds is 5. The fraction of sp³-hybridized carbons (Fsp3) is 0.500. The molecule has 0 bridgehead atoms. The van der Waals surface area contributed by atoms with E-state index in [0.29, 0.717) is 0 Å². The van der Waals surface area contributed by atoms with E-state index in [2.05, 4.69) is 43.9 Å². The average molecular weight is 225 g/mol. The van der Waals surface area contributed by atoms with Crippen molar-refractivity contribution >= 4 is 12.6 Å². The zero-order valence-corrected chi connectivity index (χ0v) is 10.5.